The number of halogens is 1. The van der Waals surface area contributed by atoms with Crippen molar-refractivity contribution >= 4 is 33.5 Å². The molecule has 0 radical (unpaired) electrons. The summed E-state index contributed by atoms with van der Waals surface area (Å²) < 4.78 is 1.95. The summed E-state index contributed by atoms with van der Waals surface area (Å²) in [6.45, 7) is 0. The van der Waals surface area contributed by atoms with E-state index in [1.807, 2.05) is 53.2 Å². The van der Waals surface area contributed by atoms with Crippen LogP contribution in [-0.2, 0) is 0 Å². The average Bonchev–Trinajstić information content (AvgIpc) is 3.21. The zero-order valence-electron chi connectivity index (χ0n) is 13.3. The Morgan fingerprint density at radius 3 is 2.32 bits per heavy atom. The van der Waals surface area contributed by atoms with Gasteiger partial charge in [-0.3, -0.25) is 0 Å². The summed E-state index contributed by atoms with van der Waals surface area (Å²) in [5.74, 6) is 0. The number of rotatable bonds is 2. The highest BCUT2D eigenvalue weighted by Crippen LogP contribution is 2.35. The lowest BCUT2D eigenvalue weighted by molar-refractivity contribution is 0.903. The molecule has 0 saturated heterocycles. The molecule has 0 spiro atoms. The van der Waals surface area contributed by atoms with Crippen molar-refractivity contribution < 1.29 is 0 Å². The predicted octanol–water partition coefficient (Wildman–Crippen LogP) is 5.83. The van der Waals surface area contributed by atoms with Gasteiger partial charge in [-0.2, -0.15) is 5.10 Å². The Labute approximate surface area is 149 Å². The van der Waals surface area contributed by atoms with E-state index in [1.54, 1.807) is 0 Å². The Kier molecular flexibility index (Phi) is 3.15. The van der Waals surface area contributed by atoms with Crippen LogP contribution in [0.3, 0.4) is 0 Å². The minimum Gasteiger partial charge on any atom is -0.339 e. The monoisotopic (exact) mass is 343 g/mol. The summed E-state index contributed by atoms with van der Waals surface area (Å²) in [5, 5.41) is 7.94. The first-order chi connectivity index (χ1) is 12.3. The SMILES string of the molecule is Clc1ccc(-n2nc(-c3ccccc3)c3c4ccccc4[nH]c32)cc1. The average molecular weight is 344 g/mol. The molecular formula is C21H14ClN3. The normalized spacial score (nSPS) is 11.4. The van der Waals surface area contributed by atoms with E-state index in [-0.39, 0.29) is 0 Å². The highest BCUT2D eigenvalue weighted by Gasteiger charge is 2.18. The number of benzene rings is 3. The van der Waals surface area contributed by atoms with Crippen molar-refractivity contribution in [2.75, 3.05) is 0 Å². The molecule has 2 aromatic heterocycles. The van der Waals surface area contributed by atoms with Crippen LogP contribution in [0, 0.1) is 0 Å². The van der Waals surface area contributed by atoms with Gasteiger partial charge in [0.1, 0.15) is 11.3 Å². The van der Waals surface area contributed by atoms with Gasteiger partial charge >= 0.3 is 0 Å². The maximum absolute atomic E-state index is 6.05. The summed E-state index contributed by atoms with van der Waals surface area (Å²) in [5.41, 5.74) is 5.15. The van der Waals surface area contributed by atoms with E-state index in [1.165, 1.54) is 5.39 Å². The number of fused-ring (bicyclic) bond motifs is 3. The molecule has 25 heavy (non-hydrogen) atoms. The van der Waals surface area contributed by atoms with Crippen LogP contribution in [0.25, 0.3) is 38.9 Å². The lowest BCUT2D eigenvalue weighted by atomic mass is 10.1. The zero-order valence-corrected chi connectivity index (χ0v) is 14.0. The molecule has 120 valence electrons. The summed E-state index contributed by atoms with van der Waals surface area (Å²) >= 11 is 6.05. The van der Waals surface area contributed by atoms with Crippen molar-refractivity contribution in [1.82, 2.24) is 14.8 Å². The molecule has 0 atom stereocenters. The highest BCUT2D eigenvalue weighted by atomic mass is 35.5. The first kappa shape index (κ1) is 14.3. The molecule has 0 unspecified atom stereocenters. The van der Waals surface area contributed by atoms with Crippen LogP contribution in [0.4, 0.5) is 0 Å². The fourth-order valence-corrected chi connectivity index (χ4v) is 3.42. The molecule has 0 aliphatic carbocycles. The number of H-pyrrole nitrogens is 1. The van der Waals surface area contributed by atoms with Crippen molar-refractivity contribution in [1.29, 1.82) is 0 Å². The number of para-hydroxylation sites is 1. The second-order valence-electron chi connectivity index (χ2n) is 6.00. The van der Waals surface area contributed by atoms with E-state index >= 15 is 0 Å². The largest absolute Gasteiger partial charge is 0.339 e. The molecule has 3 aromatic carbocycles. The topological polar surface area (TPSA) is 33.6 Å². The highest BCUT2D eigenvalue weighted by molar-refractivity contribution is 6.30. The van der Waals surface area contributed by atoms with Crippen molar-refractivity contribution in [3.63, 3.8) is 0 Å². The van der Waals surface area contributed by atoms with Crippen LogP contribution in [0.1, 0.15) is 0 Å². The molecule has 0 bridgehead atoms. The van der Waals surface area contributed by atoms with Gasteiger partial charge < -0.3 is 4.98 Å². The molecule has 0 aliphatic rings. The second-order valence-corrected chi connectivity index (χ2v) is 6.43. The third-order valence-corrected chi connectivity index (χ3v) is 4.71. The Hall–Kier alpha value is -3.04. The van der Waals surface area contributed by atoms with Crippen LogP contribution >= 0.6 is 11.6 Å². The smallest absolute Gasteiger partial charge is 0.142 e. The molecule has 1 N–H and O–H groups in total. The van der Waals surface area contributed by atoms with E-state index in [9.17, 15) is 0 Å². The summed E-state index contributed by atoms with van der Waals surface area (Å²) in [6.07, 6.45) is 0. The third-order valence-electron chi connectivity index (χ3n) is 4.45. The summed E-state index contributed by atoms with van der Waals surface area (Å²) in [6, 6.07) is 26.3. The number of nitrogens with zero attached hydrogens (tertiary/aromatic N) is 2. The number of hydrogen-bond acceptors (Lipinski definition) is 1. The van der Waals surface area contributed by atoms with E-state index in [2.05, 4.69) is 35.3 Å². The van der Waals surface area contributed by atoms with Gasteiger partial charge in [-0.25, -0.2) is 4.68 Å². The fraction of sp³-hybridized carbons (Fsp3) is 0. The van der Waals surface area contributed by atoms with E-state index in [4.69, 9.17) is 16.7 Å². The van der Waals surface area contributed by atoms with Gasteiger partial charge in [0.15, 0.2) is 0 Å². The molecule has 3 nitrogen and oxygen atoms in total. The number of nitrogens with one attached hydrogen (secondary N) is 1. The molecule has 0 fully saturated rings. The maximum atomic E-state index is 6.05. The molecule has 2 heterocycles. The molecule has 0 saturated carbocycles. The Balaban J connectivity index is 1.89. The van der Waals surface area contributed by atoms with E-state index in [0.717, 1.165) is 33.5 Å². The van der Waals surface area contributed by atoms with Crippen LogP contribution in [0.5, 0.6) is 0 Å². The molecule has 5 rings (SSSR count). The van der Waals surface area contributed by atoms with Gasteiger partial charge in [-0.05, 0) is 30.3 Å². The maximum Gasteiger partial charge on any atom is 0.142 e. The minimum atomic E-state index is 0.715. The van der Waals surface area contributed by atoms with Crippen molar-refractivity contribution in [3.05, 3.63) is 83.9 Å². The van der Waals surface area contributed by atoms with Crippen molar-refractivity contribution in [2.45, 2.75) is 0 Å². The quantitative estimate of drug-likeness (QED) is 0.430. The lowest BCUT2D eigenvalue weighted by Crippen LogP contribution is -1.97. The van der Waals surface area contributed by atoms with Crippen LogP contribution in [0.2, 0.25) is 5.02 Å². The van der Waals surface area contributed by atoms with E-state index < -0.39 is 0 Å². The van der Waals surface area contributed by atoms with Crippen LogP contribution < -0.4 is 0 Å². The molecule has 5 aromatic rings. The molecule has 0 aliphatic heterocycles. The molecule has 4 heteroatoms. The summed E-state index contributed by atoms with van der Waals surface area (Å²) in [7, 11) is 0. The Morgan fingerprint density at radius 1 is 0.800 bits per heavy atom. The second kappa shape index (κ2) is 5.50. The Bertz CT molecular complexity index is 1180. The summed E-state index contributed by atoms with van der Waals surface area (Å²) in [4.78, 5) is 3.52. The lowest BCUT2D eigenvalue weighted by Gasteiger charge is -2.02. The minimum absolute atomic E-state index is 0.715. The van der Waals surface area contributed by atoms with Crippen LogP contribution in [-0.4, -0.2) is 14.8 Å². The predicted molar refractivity (Wildman–Crippen MR) is 103 cm³/mol. The molecule has 0 amide bonds. The standard InChI is InChI=1S/C21H14ClN3/c22-15-10-12-16(13-11-15)25-21-19(17-8-4-5-9-18(17)23-21)20(24-25)14-6-2-1-3-7-14/h1-13,23H. The van der Waals surface area contributed by atoms with Gasteiger partial charge in [0.25, 0.3) is 0 Å². The van der Waals surface area contributed by atoms with Gasteiger partial charge in [0, 0.05) is 21.5 Å². The van der Waals surface area contributed by atoms with Crippen molar-refractivity contribution in [3.8, 4) is 16.9 Å². The first-order valence-corrected chi connectivity index (χ1v) is 8.50. The first-order valence-electron chi connectivity index (χ1n) is 8.12. The fourth-order valence-electron chi connectivity index (χ4n) is 3.29. The zero-order chi connectivity index (χ0) is 16.8. The number of hydrogen-bond donors (Lipinski definition) is 1. The van der Waals surface area contributed by atoms with Gasteiger partial charge in [-0.15, -0.1) is 0 Å². The van der Waals surface area contributed by atoms with Gasteiger partial charge in [0.05, 0.1) is 11.1 Å². The van der Waals surface area contributed by atoms with Gasteiger partial charge in [0.2, 0.25) is 0 Å². The van der Waals surface area contributed by atoms with Crippen LogP contribution in [0.15, 0.2) is 78.9 Å². The molecular weight excluding hydrogens is 330 g/mol. The number of aromatic amines is 1. The van der Waals surface area contributed by atoms with Crippen molar-refractivity contribution in [2.24, 2.45) is 0 Å². The van der Waals surface area contributed by atoms with E-state index in [0.29, 0.717) is 5.02 Å². The third kappa shape index (κ3) is 2.24. The Morgan fingerprint density at radius 2 is 1.52 bits per heavy atom. The van der Waals surface area contributed by atoms with Gasteiger partial charge in [-0.1, -0.05) is 60.1 Å². The number of aromatic nitrogens is 3.